The van der Waals surface area contributed by atoms with E-state index < -0.39 is 0 Å². The molecule has 6 rings (SSSR count). The maximum atomic E-state index is 6.26. The second-order valence-corrected chi connectivity index (χ2v) is 9.87. The molecule has 0 spiro atoms. The first kappa shape index (κ1) is 25.6. The topological polar surface area (TPSA) is 113 Å². The minimum atomic E-state index is 0.158. The molecule has 3 N–H and O–H groups in total. The smallest absolute Gasteiger partial charge is 0.247 e. The minimum absolute atomic E-state index is 0.158. The molecule has 3 aromatic carbocycles. The van der Waals surface area contributed by atoms with E-state index in [1.54, 1.807) is 13.4 Å². The van der Waals surface area contributed by atoms with Crippen LogP contribution in [0.5, 0.6) is 11.6 Å². The molecular formula is C30H28ClN7O2. The van der Waals surface area contributed by atoms with Crippen molar-refractivity contribution >= 4 is 56.2 Å². The number of nitrogens with zero attached hydrogens (tertiary/aromatic N) is 5. The van der Waals surface area contributed by atoms with E-state index in [1.807, 2.05) is 71.3 Å². The van der Waals surface area contributed by atoms with Gasteiger partial charge in [-0.05, 0) is 54.8 Å². The predicted molar refractivity (Wildman–Crippen MR) is 159 cm³/mol. The number of nitrogens with two attached hydrogens (primary N) is 1. The van der Waals surface area contributed by atoms with Crippen molar-refractivity contribution in [1.82, 2.24) is 24.5 Å². The fourth-order valence-electron chi connectivity index (χ4n) is 4.76. The van der Waals surface area contributed by atoms with Gasteiger partial charge in [-0.1, -0.05) is 41.9 Å². The third-order valence-corrected chi connectivity index (χ3v) is 6.97. The largest absolute Gasteiger partial charge is 0.497 e. The summed E-state index contributed by atoms with van der Waals surface area (Å²) in [7, 11) is 1.67. The molecule has 0 unspecified atom stereocenters. The number of halogens is 1. The molecule has 3 heterocycles. The lowest BCUT2D eigenvalue weighted by Gasteiger charge is -2.14. The van der Waals surface area contributed by atoms with Gasteiger partial charge >= 0.3 is 0 Å². The molecule has 0 aliphatic carbocycles. The average molecular weight is 554 g/mol. The van der Waals surface area contributed by atoms with Crippen molar-refractivity contribution in [1.29, 1.82) is 0 Å². The van der Waals surface area contributed by atoms with Gasteiger partial charge in [0.1, 0.15) is 12.4 Å². The Bertz CT molecular complexity index is 1810. The fraction of sp³-hybridized carbons (Fsp3) is 0.200. The zero-order valence-corrected chi connectivity index (χ0v) is 22.7. The van der Waals surface area contributed by atoms with Crippen LogP contribution in [0.3, 0.4) is 0 Å². The number of benzene rings is 3. The third kappa shape index (κ3) is 5.28. The van der Waals surface area contributed by atoms with Crippen LogP contribution in [0.1, 0.15) is 18.4 Å². The van der Waals surface area contributed by atoms with Crippen LogP contribution in [-0.4, -0.2) is 38.2 Å². The molecule has 10 heteroatoms. The Hall–Kier alpha value is -4.63. The van der Waals surface area contributed by atoms with Gasteiger partial charge in [0.15, 0.2) is 11.2 Å². The number of aromatic nitrogens is 5. The Morgan fingerprint density at radius 1 is 0.925 bits per heavy atom. The zero-order valence-electron chi connectivity index (χ0n) is 22.0. The van der Waals surface area contributed by atoms with Crippen molar-refractivity contribution in [2.75, 3.05) is 24.7 Å². The van der Waals surface area contributed by atoms with Crippen molar-refractivity contribution in [3.05, 3.63) is 83.6 Å². The molecule has 0 saturated heterocycles. The lowest BCUT2D eigenvalue weighted by molar-refractivity contribution is 0.297. The number of rotatable bonds is 10. The number of nitrogens with one attached hydrogen (secondary N) is 1. The van der Waals surface area contributed by atoms with Gasteiger partial charge in [-0.15, -0.1) is 0 Å². The molecule has 0 amide bonds. The van der Waals surface area contributed by atoms with Crippen molar-refractivity contribution in [2.45, 2.75) is 26.0 Å². The normalized spacial score (nSPS) is 11.3. The van der Waals surface area contributed by atoms with Crippen LogP contribution in [0.15, 0.2) is 73.1 Å². The molecule has 0 aliphatic rings. The summed E-state index contributed by atoms with van der Waals surface area (Å²) in [5.74, 6) is 1.33. The number of methoxy groups -OCH3 is 1. The molecule has 0 saturated carbocycles. The second-order valence-electron chi connectivity index (χ2n) is 9.44. The number of nitrogen functional groups attached to an aromatic ring is 1. The van der Waals surface area contributed by atoms with Gasteiger partial charge in [-0.2, -0.15) is 9.97 Å². The van der Waals surface area contributed by atoms with Crippen LogP contribution >= 0.6 is 11.6 Å². The minimum Gasteiger partial charge on any atom is -0.497 e. The van der Waals surface area contributed by atoms with Gasteiger partial charge in [-0.25, -0.2) is 9.97 Å². The number of unbranched alkanes of at least 4 members (excludes halogenated alkanes) is 1. The molecule has 0 radical (unpaired) electrons. The standard InChI is InChI=1S/C30H28ClN7O2/c1-39-21-10-12-24-23(16-21)26(22-11-9-20(31)15-25(22)35-24)33-13-5-6-14-38-18-34-27-28(38)36-30(32)37-29(27)40-17-19-7-3-2-4-8-19/h2-4,7-12,15-16,18H,5-6,13-14,17H2,1H3,(H,33,35)(H2,32,36,37). The van der Waals surface area contributed by atoms with E-state index in [0.29, 0.717) is 28.7 Å². The van der Waals surface area contributed by atoms with Crippen LogP contribution in [0, 0.1) is 0 Å². The van der Waals surface area contributed by atoms with Gasteiger partial charge in [0.2, 0.25) is 11.8 Å². The Kier molecular flexibility index (Phi) is 7.20. The van der Waals surface area contributed by atoms with Crippen molar-refractivity contribution in [2.24, 2.45) is 0 Å². The first-order valence-corrected chi connectivity index (χ1v) is 13.4. The summed E-state index contributed by atoms with van der Waals surface area (Å²) < 4.78 is 13.4. The number of imidazole rings is 1. The number of fused-ring (bicyclic) bond motifs is 3. The Morgan fingerprint density at radius 3 is 2.65 bits per heavy atom. The van der Waals surface area contributed by atoms with E-state index in [-0.39, 0.29) is 5.95 Å². The SMILES string of the molecule is COc1ccc2nc3cc(Cl)ccc3c(NCCCCn3cnc4c(OCc5ccccc5)nc(N)nc43)c2c1. The molecule has 0 aliphatic heterocycles. The first-order chi connectivity index (χ1) is 19.6. The highest BCUT2D eigenvalue weighted by Gasteiger charge is 2.14. The predicted octanol–water partition coefficient (Wildman–Crippen LogP) is 6.24. The monoisotopic (exact) mass is 553 g/mol. The highest BCUT2D eigenvalue weighted by molar-refractivity contribution is 6.31. The Morgan fingerprint density at radius 2 is 1.80 bits per heavy atom. The van der Waals surface area contributed by atoms with Crippen molar-refractivity contribution in [3.8, 4) is 11.6 Å². The van der Waals surface area contributed by atoms with Gasteiger partial charge in [-0.3, -0.25) is 0 Å². The highest BCUT2D eigenvalue weighted by atomic mass is 35.5. The van der Waals surface area contributed by atoms with Crippen LogP contribution in [0.2, 0.25) is 5.02 Å². The molecule has 40 heavy (non-hydrogen) atoms. The molecule has 0 atom stereocenters. The third-order valence-electron chi connectivity index (χ3n) is 6.74. The Labute approximate surface area is 235 Å². The van der Waals surface area contributed by atoms with Crippen LogP contribution in [-0.2, 0) is 13.2 Å². The van der Waals surface area contributed by atoms with Gasteiger partial charge in [0, 0.05) is 28.9 Å². The summed E-state index contributed by atoms with van der Waals surface area (Å²) in [6, 6.07) is 21.6. The molecule has 9 nitrogen and oxygen atoms in total. The lowest BCUT2D eigenvalue weighted by Crippen LogP contribution is -2.07. The van der Waals surface area contributed by atoms with Gasteiger partial charge in [0.05, 0.1) is 30.2 Å². The number of ether oxygens (including phenoxy) is 2. The number of aryl methyl sites for hydroxylation is 1. The van der Waals surface area contributed by atoms with E-state index >= 15 is 0 Å². The zero-order chi connectivity index (χ0) is 27.5. The summed E-state index contributed by atoms with van der Waals surface area (Å²) in [5, 5.41) is 6.32. The maximum absolute atomic E-state index is 6.26. The summed E-state index contributed by atoms with van der Waals surface area (Å²) in [5.41, 5.74) is 11.1. The molecule has 0 bridgehead atoms. The summed E-state index contributed by atoms with van der Waals surface area (Å²) in [6.07, 6.45) is 3.58. The highest BCUT2D eigenvalue weighted by Crippen LogP contribution is 2.34. The first-order valence-electron chi connectivity index (χ1n) is 13.0. The second kappa shape index (κ2) is 11.2. The van der Waals surface area contributed by atoms with Crippen LogP contribution in [0.4, 0.5) is 11.6 Å². The molecule has 202 valence electrons. The van der Waals surface area contributed by atoms with E-state index in [2.05, 4.69) is 20.3 Å². The number of anilines is 2. The number of hydrogen-bond acceptors (Lipinski definition) is 8. The van der Waals surface area contributed by atoms with Crippen LogP contribution in [0.25, 0.3) is 33.0 Å². The summed E-state index contributed by atoms with van der Waals surface area (Å²) in [6.45, 7) is 1.87. The maximum Gasteiger partial charge on any atom is 0.247 e. The molecule has 3 aromatic heterocycles. The van der Waals surface area contributed by atoms with E-state index in [4.69, 9.17) is 31.8 Å². The lowest BCUT2D eigenvalue weighted by atomic mass is 10.1. The summed E-state index contributed by atoms with van der Waals surface area (Å²) >= 11 is 6.26. The molecule has 0 fully saturated rings. The number of hydrogen-bond donors (Lipinski definition) is 2. The summed E-state index contributed by atoms with van der Waals surface area (Å²) in [4.78, 5) is 18.0. The van der Waals surface area contributed by atoms with Crippen molar-refractivity contribution < 1.29 is 9.47 Å². The van der Waals surface area contributed by atoms with Gasteiger partial charge in [0.25, 0.3) is 0 Å². The quantitative estimate of drug-likeness (QED) is 0.151. The Balaban J connectivity index is 1.15. The number of pyridine rings is 1. The van der Waals surface area contributed by atoms with Gasteiger partial charge < -0.3 is 25.1 Å². The molecule has 6 aromatic rings. The van der Waals surface area contributed by atoms with Crippen molar-refractivity contribution in [3.63, 3.8) is 0 Å². The van der Waals surface area contributed by atoms with E-state index in [1.165, 1.54) is 0 Å². The fourth-order valence-corrected chi connectivity index (χ4v) is 4.93. The van der Waals surface area contributed by atoms with E-state index in [9.17, 15) is 0 Å². The van der Waals surface area contributed by atoms with Crippen LogP contribution < -0.4 is 20.5 Å². The van der Waals surface area contributed by atoms with E-state index in [0.717, 1.165) is 64.7 Å². The molecular weight excluding hydrogens is 526 g/mol. The average Bonchev–Trinajstić information content (AvgIpc) is 3.38.